The van der Waals surface area contributed by atoms with Crippen LogP contribution in [0.15, 0.2) is 18.3 Å². The van der Waals surface area contributed by atoms with Gasteiger partial charge in [0.1, 0.15) is 0 Å². The summed E-state index contributed by atoms with van der Waals surface area (Å²) in [5, 5.41) is 3.40. The third-order valence-electron chi connectivity index (χ3n) is 3.07. The molecule has 1 aliphatic heterocycles. The van der Waals surface area contributed by atoms with E-state index >= 15 is 0 Å². The molecule has 1 N–H and O–H groups in total. The Morgan fingerprint density at radius 3 is 3.12 bits per heavy atom. The average molecular weight is 221 g/mol. The van der Waals surface area contributed by atoms with Gasteiger partial charge in [0.2, 0.25) is 5.88 Å². The molecule has 2 rings (SSSR count). The van der Waals surface area contributed by atoms with Crippen molar-refractivity contribution in [3.05, 3.63) is 18.3 Å². The van der Waals surface area contributed by atoms with Crippen molar-refractivity contribution in [2.24, 2.45) is 0 Å². The van der Waals surface area contributed by atoms with Crippen molar-refractivity contribution in [3.8, 4) is 5.88 Å². The Morgan fingerprint density at radius 1 is 1.62 bits per heavy atom. The highest BCUT2D eigenvalue weighted by atomic mass is 16.5. The lowest BCUT2D eigenvalue weighted by Crippen LogP contribution is -2.36. The highest BCUT2D eigenvalue weighted by molar-refractivity contribution is 5.49. The minimum absolute atomic E-state index is 0.595. The quantitative estimate of drug-likeness (QED) is 0.831. The van der Waals surface area contributed by atoms with Crippen LogP contribution in [0.25, 0.3) is 0 Å². The van der Waals surface area contributed by atoms with Crippen LogP contribution in [0.3, 0.4) is 0 Å². The maximum atomic E-state index is 5.16. The maximum Gasteiger partial charge on any atom is 0.214 e. The van der Waals surface area contributed by atoms with Crippen molar-refractivity contribution in [2.75, 3.05) is 31.6 Å². The van der Waals surface area contributed by atoms with Crippen LogP contribution in [-0.2, 0) is 0 Å². The molecule has 1 atom stereocenters. The van der Waals surface area contributed by atoms with Crippen LogP contribution < -0.4 is 15.0 Å². The molecule has 1 aromatic heterocycles. The fraction of sp³-hybridized carbons (Fsp3) is 0.583. The molecule has 0 aromatic carbocycles. The predicted octanol–water partition coefficient (Wildman–Crippen LogP) is 1.28. The van der Waals surface area contributed by atoms with E-state index in [-0.39, 0.29) is 0 Å². The molecule has 1 saturated heterocycles. The summed E-state index contributed by atoms with van der Waals surface area (Å²) in [6.07, 6.45) is 3.01. The number of ether oxygens (including phenoxy) is 1. The first kappa shape index (κ1) is 11.2. The van der Waals surface area contributed by atoms with Crippen molar-refractivity contribution >= 4 is 5.69 Å². The standard InChI is InChI=1S/C12H19N3O/c1-3-15(11-4-6-13-9-11)10-5-7-14-12(8-10)16-2/h5,7-8,11,13H,3-4,6,9H2,1-2H3. The zero-order valence-electron chi connectivity index (χ0n) is 9.94. The van der Waals surface area contributed by atoms with Gasteiger partial charge in [0, 0.05) is 37.1 Å². The van der Waals surface area contributed by atoms with Gasteiger partial charge in [-0.05, 0) is 26.0 Å². The molecule has 0 spiro atoms. The van der Waals surface area contributed by atoms with E-state index in [9.17, 15) is 0 Å². The molecule has 1 unspecified atom stereocenters. The van der Waals surface area contributed by atoms with Crippen molar-refractivity contribution in [3.63, 3.8) is 0 Å². The van der Waals surface area contributed by atoms with Crippen LogP contribution >= 0.6 is 0 Å². The molecular weight excluding hydrogens is 202 g/mol. The lowest BCUT2D eigenvalue weighted by molar-refractivity contribution is 0.397. The van der Waals surface area contributed by atoms with Gasteiger partial charge in [0.05, 0.1) is 7.11 Å². The Kier molecular flexibility index (Phi) is 3.62. The minimum Gasteiger partial charge on any atom is -0.481 e. The summed E-state index contributed by atoms with van der Waals surface area (Å²) < 4.78 is 5.16. The molecular formula is C12H19N3O. The zero-order valence-corrected chi connectivity index (χ0v) is 9.94. The van der Waals surface area contributed by atoms with E-state index in [4.69, 9.17) is 4.74 Å². The Labute approximate surface area is 96.6 Å². The monoisotopic (exact) mass is 221 g/mol. The van der Waals surface area contributed by atoms with Gasteiger partial charge >= 0.3 is 0 Å². The first-order chi connectivity index (χ1) is 7.85. The van der Waals surface area contributed by atoms with Crippen molar-refractivity contribution in [1.82, 2.24) is 10.3 Å². The van der Waals surface area contributed by atoms with Gasteiger partial charge in [-0.1, -0.05) is 0 Å². The number of methoxy groups -OCH3 is 1. The van der Waals surface area contributed by atoms with Crippen LogP contribution in [0, 0.1) is 0 Å². The molecule has 4 heteroatoms. The van der Waals surface area contributed by atoms with E-state index in [0.29, 0.717) is 11.9 Å². The molecule has 88 valence electrons. The number of pyridine rings is 1. The molecule has 1 aliphatic rings. The molecule has 2 heterocycles. The molecule has 0 amide bonds. The lowest BCUT2D eigenvalue weighted by Gasteiger charge is -2.29. The SMILES string of the molecule is CCN(c1ccnc(OC)c1)C1CCNC1. The van der Waals surface area contributed by atoms with E-state index < -0.39 is 0 Å². The Morgan fingerprint density at radius 2 is 2.50 bits per heavy atom. The molecule has 0 aliphatic carbocycles. The van der Waals surface area contributed by atoms with Gasteiger partial charge in [-0.25, -0.2) is 4.98 Å². The lowest BCUT2D eigenvalue weighted by atomic mass is 10.2. The molecule has 1 fully saturated rings. The van der Waals surface area contributed by atoms with Gasteiger partial charge < -0.3 is 15.0 Å². The van der Waals surface area contributed by atoms with Crippen LogP contribution in [0.1, 0.15) is 13.3 Å². The third kappa shape index (κ3) is 2.27. The number of anilines is 1. The van der Waals surface area contributed by atoms with Crippen molar-refractivity contribution < 1.29 is 4.74 Å². The first-order valence-electron chi connectivity index (χ1n) is 5.82. The zero-order chi connectivity index (χ0) is 11.4. The van der Waals surface area contributed by atoms with E-state index in [1.165, 1.54) is 12.1 Å². The summed E-state index contributed by atoms with van der Waals surface area (Å²) in [6, 6.07) is 4.64. The smallest absolute Gasteiger partial charge is 0.214 e. The Bertz CT molecular complexity index is 337. The van der Waals surface area contributed by atoms with Crippen molar-refractivity contribution in [1.29, 1.82) is 0 Å². The number of rotatable bonds is 4. The Balaban J connectivity index is 2.18. The van der Waals surface area contributed by atoms with E-state index in [1.54, 1.807) is 13.3 Å². The summed E-state index contributed by atoms with van der Waals surface area (Å²) in [7, 11) is 1.65. The topological polar surface area (TPSA) is 37.4 Å². The number of nitrogens with one attached hydrogen (secondary N) is 1. The highest BCUT2D eigenvalue weighted by Crippen LogP contribution is 2.22. The summed E-state index contributed by atoms with van der Waals surface area (Å²) in [4.78, 5) is 6.54. The van der Waals surface area contributed by atoms with Crippen LogP contribution in [0.4, 0.5) is 5.69 Å². The van der Waals surface area contributed by atoms with E-state index in [1.807, 2.05) is 12.1 Å². The number of hydrogen-bond donors (Lipinski definition) is 1. The number of hydrogen-bond acceptors (Lipinski definition) is 4. The van der Waals surface area contributed by atoms with E-state index in [0.717, 1.165) is 19.6 Å². The molecule has 4 nitrogen and oxygen atoms in total. The average Bonchev–Trinajstić information content (AvgIpc) is 2.84. The fourth-order valence-electron chi connectivity index (χ4n) is 2.25. The van der Waals surface area contributed by atoms with Crippen LogP contribution in [0.5, 0.6) is 5.88 Å². The van der Waals surface area contributed by atoms with E-state index in [2.05, 4.69) is 22.1 Å². The Hall–Kier alpha value is -1.29. The van der Waals surface area contributed by atoms with Crippen LogP contribution in [-0.4, -0.2) is 37.8 Å². The number of aromatic nitrogens is 1. The second-order valence-corrected chi connectivity index (χ2v) is 3.99. The van der Waals surface area contributed by atoms with Gasteiger partial charge in [-0.2, -0.15) is 0 Å². The fourth-order valence-corrected chi connectivity index (χ4v) is 2.25. The molecule has 0 radical (unpaired) electrons. The second kappa shape index (κ2) is 5.16. The van der Waals surface area contributed by atoms with Gasteiger partial charge in [0.25, 0.3) is 0 Å². The van der Waals surface area contributed by atoms with Crippen LogP contribution in [0.2, 0.25) is 0 Å². The summed E-state index contributed by atoms with van der Waals surface area (Å²) in [6.45, 7) is 5.38. The largest absolute Gasteiger partial charge is 0.481 e. The minimum atomic E-state index is 0.595. The normalized spacial score (nSPS) is 19.8. The number of nitrogens with zero attached hydrogens (tertiary/aromatic N) is 2. The second-order valence-electron chi connectivity index (χ2n) is 3.99. The number of likely N-dealkylation sites (N-methyl/N-ethyl adjacent to an activating group) is 1. The van der Waals surface area contributed by atoms with Gasteiger partial charge in [-0.3, -0.25) is 0 Å². The molecule has 0 bridgehead atoms. The first-order valence-corrected chi connectivity index (χ1v) is 5.82. The van der Waals surface area contributed by atoms with Crippen molar-refractivity contribution in [2.45, 2.75) is 19.4 Å². The molecule has 16 heavy (non-hydrogen) atoms. The molecule has 0 saturated carbocycles. The summed E-state index contributed by atoms with van der Waals surface area (Å²) in [5.41, 5.74) is 1.20. The molecule has 1 aromatic rings. The maximum absolute atomic E-state index is 5.16. The highest BCUT2D eigenvalue weighted by Gasteiger charge is 2.21. The summed E-state index contributed by atoms with van der Waals surface area (Å²) >= 11 is 0. The summed E-state index contributed by atoms with van der Waals surface area (Å²) in [5.74, 6) is 0.682. The van der Waals surface area contributed by atoms with Gasteiger partial charge in [0.15, 0.2) is 0 Å². The predicted molar refractivity (Wildman–Crippen MR) is 65.1 cm³/mol. The third-order valence-corrected chi connectivity index (χ3v) is 3.07. The van der Waals surface area contributed by atoms with Gasteiger partial charge in [-0.15, -0.1) is 0 Å².